The topological polar surface area (TPSA) is 18.5 Å². The largest absolute Gasteiger partial charge is 0.492 e. The van der Waals surface area contributed by atoms with Crippen molar-refractivity contribution in [1.29, 1.82) is 0 Å². The van der Waals surface area contributed by atoms with Gasteiger partial charge in [-0.1, -0.05) is 32.9 Å². The molecule has 2 nitrogen and oxygen atoms in total. The average Bonchev–Trinajstić information content (AvgIpc) is 2.34. The summed E-state index contributed by atoms with van der Waals surface area (Å²) in [5.74, 6) is 1.36. The van der Waals surface area contributed by atoms with Gasteiger partial charge in [-0.3, -0.25) is 0 Å². The van der Waals surface area contributed by atoms with E-state index in [0.29, 0.717) is 17.5 Å². The minimum Gasteiger partial charge on any atom is -0.492 e. The Balaban J connectivity index is 2.67. The molecule has 0 aromatic heterocycles. The fourth-order valence-corrected chi connectivity index (χ4v) is 2.63. The fraction of sp³-hybridized carbons (Fsp3) is 0.600. The Kier molecular flexibility index (Phi) is 5.90. The number of rotatable bonds is 6. The Labute approximate surface area is 124 Å². The molecule has 0 aliphatic heterocycles. The number of benzene rings is 1. The molecule has 1 aromatic carbocycles. The number of hydrogen-bond donors (Lipinski definition) is 0. The highest BCUT2D eigenvalue weighted by molar-refractivity contribution is 6.31. The van der Waals surface area contributed by atoms with E-state index in [1.165, 1.54) is 5.56 Å². The van der Waals surface area contributed by atoms with Gasteiger partial charge in [0.05, 0.1) is 11.5 Å². The highest BCUT2D eigenvalue weighted by Crippen LogP contribution is 2.30. The molecule has 0 bridgehead atoms. The number of halogens is 1. The van der Waals surface area contributed by atoms with Crippen molar-refractivity contribution in [3.05, 3.63) is 29.8 Å². The molecule has 0 atom stereocenters. The van der Waals surface area contributed by atoms with Gasteiger partial charge in [-0.05, 0) is 36.6 Å². The molecule has 0 radical (unpaired) electrons. The maximum absolute atomic E-state index is 6.18. The van der Waals surface area contributed by atoms with Crippen molar-refractivity contribution >= 4 is 21.4 Å². The lowest BCUT2D eigenvalue weighted by atomic mass is 9.99. The van der Waals surface area contributed by atoms with Gasteiger partial charge in [-0.2, -0.15) is 0 Å². The van der Waals surface area contributed by atoms with E-state index < -0.39 is 9.76 Å². The van der Waals surface area contributed by atoms with E-state index in [1.807, 2.05) is 12.1 Å². The average molecular weight is 301 g/mol. The molecule has 1 rings (SSSR count). The Morgan fingerprint density at radius 3 is 2.11 bits per heavy atom. The van der Waals surface area contributed by atoms with Gasteiger partial charge in [-0.15, -0.1) is 11.6 Å². The molecule has 0 saturated heterocycles. The molecule has 0 amide bonds. The second kappa shape index (κ2) is 6.78. The summed E-state index contributed by atoms with van der Waals surface area (Å²) in [6.45, 7) is 11.5. The highest BCUT2D eigenvalue weighted by atomic mass is 35.5. The predicted octanol–water partition coefficient (Wildman–Crippen LogP) is 3.86. The highest BCUT2D eigenvalue weighted by Gasteiger charge is 2.24. The van der Waals surface area contributed by atoms with E-state index in [1.54, 1.807) is 0 Å². The van der Waals surface area contributed by atoms with Crippen LogP contribution in [0.5, 0.6) is 5.75 Å². The lowest BCUT2D eigenvalue weighted by Gasteiger charge is -2.30. The normalized spacial score (nSPS) is 13.2. The first-order valence-corrected chi connectivity index (χ1v) is 8.50. The summed E-state index contributed by atoms with van der Waals surface area (Å²) in [5.41, 5.74) is 0.951. The zero-order valence-electron chi connectivity index (χ0n) is 12.6. The van der Waals surface area contributed by atoms with Crippen molar-refractivity contribution in [2.24, 2.45) is 0 Å². The molecule has 108 valence electrons. The molecule has 0 aliphatic carbocycles. The van der Waals surface area contributed by atoms with Crippen molar-refractivity contribution in [2.75, 3.05) is 12.5 Å². The Morgan fingerprint density at radius 1 is 1.05 bits per heavy atom. The Morgan fingerprint density at radius 2 is 1.63 bits per heavy atom. The van der Waals surface area contributed by atoms with Gasteiger partial charge in [0.25, 0.3) is 0 Å². The van der Waals surface area contributed by atoms with Crippen LogP contribution < -0.4 is 4.74 Å². The molecule has 19 heavy (non-hydrogen) atoms. The van der Waals surface area contributed by atoms with Crippen molar-refractivity contribution < 1.29 is 9.16 Å². The van der Waals surface area contributed by atoms with Crippen LogP contribution in [0.15, 0.2) is 24.3 Å². The minimum atomic E-state index is -0.570. The first-order chi connectivity index (χ1) is 8.74. The molecule has 0 spiro atoms. The molecular weight excluding hydrogens is 276 g/mol. The maximum Gasteiger partial charge on any atom is 0.168 e. The molecule has 0 heterocycles. The van der Waals surface area contributed by atoms with E-state index in [4.69, 9.17) is 20.8 Å². The number of alkyl halides is 1. The second-order valence-corrected chi connectivity index (χ2v) is 9.50. The predicted molar refractivity (Wildman–Crippen MR) is 85.0 cm³/mol. The minimum absolute atomic E-state index is 0.232. The molecular formula is C15H25ClO2Si. The third kappa shape index (κ3) is 5.98. The standard InChI is InChI=1S/C15H25ClO2Si/c1-14(2,3)19-18-15(4,5)12-6-8-13(9-7-12)17-11-10-16/h6-9H,10-11,19H2,1-5H3. The van der Waals surface area contributed by atoms with Crippen LogP contribution in [0.3, 0.4) is 0 Å². The molecule has 0 aliphatic rings. The summed E-state index contributed by atoms with van der Waals surface area (Å²) in [4.78, 5) is 0. The van der Waals surface area contributed by atoms with E-state index >= 15 is 0 Å². The van der Waals surface area contributed by atoms with Crippen LogP contribution in [0.2, 0.25) is 5.04 Å². The summed E-state index contributed by atoms with van der Waals surface area (Å²) >= 11 is 5.60. The van der Waals surface area contributed by atoms with E-state index in [2.05, 4.69) is 46.8 Å². The van der Waals surface area contributed by atoms with Crippen LogP contribution in [0.4, 0.5) is 0 Å². The second-order valence-electron chi connectivity index (χ2n) is 6.42. The first-order valence-electron chi connectivity index (χ1n) is 6.68. The van der Waals surface area contributed by atoms with Crippen LogP contribution in [0, 0.1) is 0 Å². The van der Waals surface area contributed by atoms with E-state index in [0.717, 1.165) is 5.75 Å². The van der Waals surface area contributed by atoms with Crippen molar-refractivity contribution in [2.45, 2.75) is 45.3 Å². The van der Waals surface area contributed by atoms with Crippen LogP contribution in [0.25, 0.3) is 0 Å². The Bertz CT molecular complexity index is 382. The lowest BCUT2D eigenvalue weighted by molar-refractivity contribution is 0.109. The summed E-state index contributed by atoms with van der Waals surface area (Å²) in [7, 11) is -0.570. The van der Waals surface area contributed by atoms with Crippen molar-refractivity contribution in [3.8, 4) is 5.75 Å². The number of hydrogen-bond acceptors (Lipinski definition) is 2. The van der Waals surface area contributed by atoms with E-state index in [-0.39, 0.29) is 5.60 Å². The van der Waals surface area contributed by atoms with Gasteiger partial charge in [0.1, 0.15) is 12.4 Å². The zero-order chi connectivity index (χ0) is 14.5. The van der Waals surface area contributed by atoms with Crippen LogP contribution in [0.1, 0.15) is 40.2 Å². The number of ether oxygens (including phenoxy) is 1. The van der Waals surface area contributed by atoms with Crippen molar-refractivity contribution in [1.82, 2.24) is 0 Å². The van der Waals surface area contributed by atoms with Gasteiger partial charge < -0.3 is 9.16 Å². The van der Waals surface area contributed by atoms with E-state index in [9.17, 15) is 0 Å². The zero-order valence-corrected chi connectivity index (χ0v) is 14.8. The van der Waals surface area contributed by atoms with Crippen molar-refractivity contribution in [3.63, 3.8) is 0 Å². The summed E-state index contributed by atoms with van der Waals surface area (Å²) in [6.07, 6.45) is 0. The summed E-state index contributed by atoms with van der Waals surface area (Å²) in [5, 5.41) is 0.306. The fourth-order valence-electron chi connectivity index (χ4n) is 1.59. The van der Waals surface area contributed by atoms with Gasteiger partial charge >= 0.3 is 0 Å². The molecule has 0 fully saturated rings. The van der Waals surface area contributed by atoms with Gasteiger partial charge in [0, 0.05) is 0 Å². The summed E-state index contributed by atoms with van der Waals surface area (Å²) in [6, 6.07) is 8.10. The smallest absolute Gasteiger partial charge is 0.168 e. The lowest BCUT2D eigenvalue weighted by Crippen LogP contribution is -2.27. The van der Waals surface area contributed by atoms with Gasteiger partial charge in [0.15, 0.2) is 9.76 Å². The molecule has 1 aromatic rings. The monoisotopic (exact) mass is 300 g/mol. The van der Waals surface area contributed by atoms with Gasteiger partial charge in [-0.25, -0.2) is 0 Å². The first kappa shape index (κ1) is 16.5. The third-order valence-electron chi connectivity index (χ3n) is 2.76. The molecule has 0 N–H and O–H groups in total. The van der Waals surface area contributed by atoms with Crippen LogP contribution in [-0.2, 0) is 10.0 Å². The molecule has 0 unspecified atom stereocenters. The molecule has 0 saturated carbocycles. The van der Waals surface area contributed by atoms with Crippen LogP contribution >= 0.6 is 11.6 Å². The van der Waals surface area contributed by atoms with Crippen LogP contribution in [-0.4, -0.2) is 22.3 Å². The SMILES string of the molecule is CC(C)(C)[SiH2]OC(C)(C)c1ccc(OCCCl)cc1. The Hall–Kier alpha value is -0.513. The van der Waals surface area contributed by atoms with Gasteiger partial charge in [0.2, 0.25) is 0 Å². The summed E-state index contributed by atoms with van der Waals surface area (Å²) < 4.78 is 11.7. The molecule has 4 heteroatoms. The quantitative estimate of drug-likeness (QED) is 0.587. The maximum atomic E-state index is 6.18. The third-order valence-corrected chi connectivity index (χ3v) is 4.65.